The van der Waals surface area contributed by atoms with E-state index in [0.29, 0.717) is 39.0 Å². The van der Waals surface area contributed by atoms with Crippen molar-refractivity contribution in [1.29, 1.82) is 0 Å². The number of rotatable bonds is 46. The molecule has 3 N–H and O–H groups in total. The van der Waals surface area contributed by atoms with E-state index in [1.165, 1.54) is 177 Å². The Bertz CT molecular complexity index is 1210. The first-order valence-corrected chi connectivity index (χ1v) is 27.1. The lowest BCUT2D eigenvalue weighted by Gasteiger charge is -2.16. The van der Waals surface area contributed by atoms with Crippen LogP contribution in [0.3, 0.4) is 0 Å². The summed E-state index contributed by atoms with van der Waals surface area (Å²) in [5.74, 6) is -0.263. The van der Waals surface area contributed by atoms with Crippen molar-refractivity contribution >= 4 is 23.6 Å². The second kappa shape index (κ2) is 41.1. The van der Waals surface area contributed by atoms with Gasteiger partial charge >= 0.3 is 0 Å². The molecule has 2 heterocycles. The Morgan fingerprint density at radius 2 is 0.651 bits per heavy atom. The standard InChI is InChI=1S/C54H99N5O4/c1-3-5-7-9-11-13-15-17-19-21-22-24-26-28-30-32-34-36-38-50-48-52(61)59(54(50)63)46-44-57-42-40-55-39-41-56-43-45-58-51(60)47-49(53(58)62)37-35-33-31-29-27-25-23-20-18-16-14-12-10-8-6-4-2/h14,16,22,24,49-50,55-57H,3-13,15,17-21,23,25-48H2,1-2H3/b16-14+,24-22+. The molecule has 0 radical (unpaired) electrons. The van der Waals surface area contributed by atoms with Crippen molar-refractivity contribution in [3.05, 3.63) is 24.3 Å². The van der Waals surface area contributed by atoms with Gasteiger partial charge in [-0.15, -0.1) is 0 Å². The first-order chi connectivity index (χ1) is 31.0. The first kappa shape index (κ1) is 56.8. The van der Waals surface area contributed by atoms with Gasteiger partial charge in [-0.3, -0.25) is 29.0 Å². The van der Waals surface area contributed by atoms with E-state index in [-0.39, 0.29) is 35.5 Å². The minimum absolute atomic E-state index is 0.0185. The molecule has 63 heavy (non-hydrogen) atoms. The second-order valence-electron chi connectivity index (χ2n) is 19.0. The van der Waals surface area contributed by atoms with E-state index in [0.717, 1.165) is 64.7 Å². The van der Waals surface area contributed by atoms with Crippen molar-refractivity contribution in [3.8, 4) is 0 Å². The lowest BCUT2D eigenvalue weighted by atomic mass is 9.98. The van der Waals surface area contributed by atoms with Crippen molar-refractivity contribution in [2.75, 3.05) is 52.4 Å². The zero-order chi connectivity index (χ0) is 45.3. The van der Waals surface area contributed by atoms with Crippen LogP contribution in [0.15, 0.2) is 24.3 Å². The number of hydrogen-bond donors (Lipinski definition) is 3. The van der Waals surface area contributed by atoms with Gasteiger partial charge in [0.25, 0.3) is 0 Å². The molecule has 2 fully saturated rings. The van der Waals surface area contributed by atoms with Gasteiger partial charge in [-0.25, -0.2) is 0 Å². The Hall–Kier alpha value is -2.36. The Morgan fingerprint density at radius 3 is 0.984 bits per heavy atom. The number of imide groups is 2. The summed E-state index contributed by atoms with van der Waals surface area (Å²) < 4.78 is 0. The highest BCUT2D eigenvalue weighted by Crippen LogP contribution is 2.26. The van der Waals surface area contributed by atoms with E-state index in [1.807, 2.05) is 0 Å². The van der Waals surface area contributed by atoms with E-state index in [1.54, 1.807) is 0 Å². The number of carbonyl (C=O) groups excluding carboxylic acids is 4. The molecule has 9 heteroatoms. The predicted molar refractivity (Wildman–Crippen MR) is 266 cm³/mol. The molecule has 0 aliphatic carbocycles. The summed E-state index contributed by atoms with van der Waals surface area (Å²) in [6, 6.07) is 0. The Morgan fingerprint density at radius 1 is 0.381 bits per heavy atom. The third-order valence-electron chi connectivity index (χ3n) is 13.3. The van der Waals surface area contributed by atoms with Crippen LogP contribution in [0.2, 0.25) is 0 Å². The quantitative estimate of drug-likeness (QED) is 0.0317. The molecule has 2 aliphatic heterocycles. The molecular weight excluding hydrogens is 783 g/mol. The van der Waals surface area contributed by atoms with Gasteiger partial charge in [0.1, 0.15) is 0 Å². The summed E-state index contributed by atoms with van der Waals surface area (Å²) in [4.78, 5) is 53.9. The van der Waals surface area contributed by atoms with Gasteiger partial charge < -0.3 is 16.0 Å². The molecule has 0 spiro atoms. The average molecular weight is 882 g/mol. The maximum absolute atomic E-state index is 12.9. The largest absolute Gasteiger partial charge is 0.314 e. The third-order valence-corrected chi connectivity index (χ3v) is 13.3. The van der Waals surface area contributed by atoms with Crippen molar-refractivity contribution in [2.24, 2.45) is 11.8 Å². The number of amides is 4. The van der Waals surface area contributed by atoms with Gasteiger partial charge in [-0.2, -0.15) is 0 Å². The first-order valence-electron chi connectivity index (χ1n) is 27.1. The van der Waals surface area contributed by atoms with E-state index < -0.39 is 0 Å². The smallest absolute Gasteiger partial charge is 0.232 e. The molecule has 0 aromatic heterocycles. The number of carbonyl (C=O) groups is 4. The summed E-state index contributed by atoms with van der Waals surface area (Å²) >= 11 is 0. The molecule has 0 bridgehead atoms. The molecule has 2 aliphatic rings. The molecular formula is C54H99N5O4. The lowest BCUT2D eigenvalue weighted by Crippen LogP contribution is -2.40. The number of nitrogens with one attached hydrogen (secondary N) is 3. The molecule has 0 saturated carbocycles. The van der Waals surface area contributed by atoms with Crippen molar-refractivity contribution in [1.82, 2.24) is 25.8 Å². The monoisotopic (exact) mass is 882 g/mol. The summed E-state index contributed by atoms with van der Waals surface area (Å²) in [5.41, 5.74) is 0. The van der Waals surface area contributed by atoms with Gasteiger partial charge in [0.05, 0.1) is 0 Å². The Kier molecular flexibility index (Phi) is 37.0. The van der Waals surface area contributed by atoms with E-state index >= 15 is 0 Å². The van der Waals surface area contributed by atoms with Crippen LogP contribution in [-0.2, 0) is 19.2 Å². The van der Waals surface area contributed by atoms with Gasteiger partial charge in [-0.05, 0) is 64.2 Å². The van der Waals surface area contributed by atoms with Crippen LogP contribution in [0.25, 0.3) is 0 Å². The molecule has 2 saturated heterocycles. The highest BCUT2D eigenvalue weighted by molar-refractivity contribution is 6.04. The van der Waals surface area contributed by atoms with Crippen molar-refractivity contribution in [3.63, 3.8) is 0 Å². The highest BCUT2D eigenvalue weighted by atomic mass is 16.2. The van der Waals surface area contributed by atoms with Gasteiger partial charge in [0.15, 0.2) is 0 Å². The lowest BCUT2D eigenvalue weighted by molar-refractivity contribution is -0.140. The normalized spacial score (nSPS) is 17.0. The summed E-state index contributed by atoms with van der Waals surface area (Å²) in [5, 5.41) is 10.1. The van der Waals surface area contributed by atoms with Gasteiger partial charge in [-0.1, -0.05) is 179 Å². The molecule has 0 aromatic carbocycles. The topological polar surface area (TPSA) is 111 Å². The van der Waals surface area contributed by atoms with Crippen LogP contribution in [0.1, 0.15) is 232 Å². The maximum Gasteiger partial charge on any atom is 0.232 e. The minimum Gasteiger partial charge on any atom is -0.314 e. The molecule has 2 atom stereocenters. The maximum atomic E-state index is 12.9. The number of hydrogen-bond acceptors (Lipinski definition) is 7. The van der Waals surface area contributed by atoms with Crippen LogP contribution in [-0.4, -0.2) is 85.8 Å². The molecule has 2 rings (SSSR count). The minimum atomic E-state index is -0.133. The number of allylic oxidation sites excluding steroid dienone is 4. The molecule has 364 valence electrons. The highest BCUT2D eigenvalue weighted by Gasteiger charge is 2.38. The Labute approximate surface area is 388 Å². The van der Waals surface area contributed by atoms with Crippen LogP contribution in [0.5, 0.6) is 0 Å². The van der Waals surface area contributed by atoms with Crippen molar-refractivity contribution < 1.29 is 19.2 Å². The number of likely N-dealkylation sites (tertiary alicyclic amines) is 2. The van der Waals surface area contributed by atoms with Crippen LogP contribution in [0.4, 0.5) is 0 Å². The van der Waals surface area contributed by atoms with Gasteiger partial charge in [0, 0.05) is 77.0 Å². The van der Waals surface area contributed by atoms with Crippen LogP contribution < -0.4 is 16.0 Å². The molecule has 2 unspecified atom stereocenters. The van der Waals surface area contributed by atoms with Crippen LogP contribution >= 0.6 is 0 Å². The number of unbranched alkanes of at least 4 members (excludes halogenated alkanes) is 26. The second-order valence-corrected chi connectivity index (χ2v) is 19.0. The Balaban J connectivity index is 1.34. The zero-order valence-electron chi connectivity index (χ0n) is 41.2. The predicted octanol–water partition coefficient (Wildman–Crippen LogP) is 12.1. The van der Waals surface area contributed by atoms with Crippen molar-refractivity contribution in [2.45, 2.75) is 232 Å². The third kappa shape index (κ3) is 29.7. The summed E-state index contributed by atoms with van der Waals surface area (Å²) in [6.07, 6.45) is 50.4. The van der Waals surface area contributed by atoms with E-state index in [4.69, 9.17) is 0 Å². The zero-order valence-corrected chi connectivity index (χ0v) is 41.2. The number of nitrogens with zero attached hydrogens (tertiary/aromatic N) is 2. The molecule has 0 aromatic rings. The fourth-order valence-corrected chi connectivity index (χ4v) is 9.16. The fraction of sp³-hybridized carbons (Fsp3) is 0.852. The average Bonchev–Trinajstić information content (AvgIpc) is 3.71. The van der Waals surface area contributed by atoms with Crippen LogP contribution in [0, 0.1) is 11.8 Å². The summed E-state index contributed by atoms with van der Waals surface area (Å²) in [6.45, 7) is 9.71. The SMILES string of the molecule is CCCCCC/C=C/CCCCCCCCCCC1CC(=O)N(CCNCCNCCNCCN2C(=O)CC(CCCCCCC/C=C/CCCCCCCCCCC)C2=O)C1=O. The van der Waals surface area contributed by atoms with Gasteiger partial charge in [0.2, 0.25) is 23.6 Å². The fourth-order valence-electron chi connectivity index (χ4n) is 9.16. The molecule has 9 nitrogen and oxygen atoms in total. The van der Waals surface area contributed by atoms with E-state index in [9.17, 15) is 19.2 Å². The summed E-state index contributed by atoms with van der Waals surface area (Å²) in [7, 11) is 0. The molecule has 4 amide bonds. The van der Waals surface area contributed by atoms with E-state index in [2.05, 4.69) is 54.1 Å².